The predicted molar refractivity (Wildman–Crippen MR) is 155 cm³/mol. The first-order chi connectivity index (χ1) is 17.3. The Morgan fingerprint density at radius 3 is 1.00 bits per heavy atom. The molecule has 0 radical (unpaired) electrons. The van der Waals surface area contributed by atoms with Crippen LogP contribution in [0, 0.1) is 23.7 Å². The fourth-order valence-electron chi connectivity index (χ4n) is 5.77. The predicted octanol–water partition coefficient (Wildman–Crippen LogP) is 11.6. The van der Waals surface area contributed by atoms with Gasteiger partial charge in [-0.1, -0.05) is 0 Å². The van der Waals surface area contributed by atoms with Crippen LogP contribution >= 0.6 is 0 Å². The van der Waals surface area contributed by atoms with Gasteiger partial charge in [0.25, 0.3) is 0 Å². The van der Waals surface area contributed by atoms with Crippen LogP contribution < -0.4 is 0 Å². The van der Waals surface area contributed by atoms with Crippen LogP contribution in [0.3, 0.4) is 0 Å². The quantitative estimate of drug-likeness (QED) is 0.100. The summed E-state index contributed by atoms with van der Waals surface area (Å²) in [5.41, 5.74) is 0. The Morgan fingerprint density at radius 2 is 0.750 bits per heavy atom. The molecule has 0 aromatic carbocycles. The van der Waals surface area contributed by atoms with Gasteiger partial charge < -0.3 is 0 Å². The Bertz CT molecular complexity index is 514. The van der Waals surface area contributed by atoms with Gasteiger partial charge in [-0.2, -0.15) is 0 Å². The van der Waals surface area contributed by atoms with Crippen LogP contribution in [0.1, 0.15) is 158 Å². The van der Waals surface area contributed by atoms with Crippen molar-refractivity contribution in [3.05, 3.63) is 0 Å². The zero-order valence-corrected chi connectivity index (χ0v) is 28.6. The van der Waals surface area contributed by atoms with E-state index in [0.717, 1.165) is 38.5 Å². The standard InChI is InChI=1S/2C8H17O.2C8H17.O.Zr/c2*1-3-5-6-8(4-2)7-9;2*1-4-6-7-8(3)5-2;;/h2*8H,3-7H2,1-2H3;2*8H,3-7H2,1-2H3;;/q2*-1;;;;+2. The van der Waals surface area contributed by atoms with Gasteiger partial charge in [-0.25, -0.2) is 0 Å². The van der Waals surface area contributed by atoms with Gasteiger partial charge in [0.1, 0.15) is 0 Å². The van der Waals surface area contributed by atoms with E-state index in [9.17, 15) is 0 Å². The van der Waals surface area contributed by atoms with Crippen molar-refractivity contribution in [3.63, 3.8) is 0 Å². The molecule has 0 N–H and O–H groups in total. The van der Waals surface area contributed by atoms with Crippen molar-refractivity contribution in [1.29, 1.82) is 0 Å². The van der Waals surface area contributed by atoms with Gasteiger partial charge in [0, 0.05) is 0 Å². The van der Waals surface area contributed by atoms with Crippen molar-refractivity contribution >= 4 is 0 Å². The molecule has 4 atom stereocenters. The molecule has 0 aromatic heterocycles. The minimum atomic E-state index is -5.22. The summed E-state index contributed by atoms with van der Waals surface area (Å²) in [6.07, 6.45) is 18.7. The summed E-state index contributed by atoms with van der Waals surface area (Å²) in [4.78, 5) is 0. The Balaban J connectivity index is 6.23. The minimum absolute atomic E-state index is 0.447. The first kappa shape index (κ1) is 36.6. The summed E-state index contributed by atoms with van der Waals surface area (Å²) < 4.78 is 30.9. The van der Waals surface area contributed by atoms with E-state index in [0.29, 0.717) is 45.1 Å². The normalized spacial score (nSPS) is 16.1. The van der Waals surface area contributed by atoms with Gasteiger partial charge in [-0.05, 0) is 0 Å². The van der Waals surface area contributed by atoms with Crippen LogP contribution in [0.5, 0.6) is 0 Å². The van der Waals surface area contributed by atoms with Crippen LogP contribution in [0.15, 0.2) is 0 Å². The van der Waals surface area contributed by atoms with Crippen LogP contribution in [0.4, 0.5) is 0 Å². The topological polar surface area (TPSA) is 35.5 Å². The summed E-state index contributed by atoms with van der Waals surface area (Å²) in [6, 6.07) is 0. The van der Waals surface area contributed by atoms with Crippen LogP contribution in [-0.4, -0.2) is 13.2 Å². The van der Waals surface area contributed by atoms with Crippen molar-refractivity contribution in [1.82, 2.24) is 0 Å². The van der Waals surface area contributed by atoms with Crippen molar-refractivity contribution in [2.24, 2.45) is 23.7 Å². The maximum atomic E-state index is 15.7. The number of unbranched alkanes of at least 4 members (excludes halogenated alkanes) is 4. The number of rotatable bonds is 26. The average molecular weight is 592 g/mol. The van der Waals surface area contributed by atoms with Crippen LogP contribution in [0.2, 0.25) is 8.26 Å². The van der Waals surface area contributed by atoms with Gasteiger partial charge in [-0.3, -0.25) is 0 Å². The summed E-state index contributed by atoms with van der Waals surface area (Å²) in [5, 5.41) is 0. The van der Waals surface area contributed by atoms with Crippen LogP contribution in [-0.2, 0) is 28.1 Å². The van der Waals surface area contributed by atoms with E-state index < -0.39 is 19.7 Å². The Kier molecular flexibility index (Phi) is 21.8. The molecule has 4 heteroatoms. The molecule has 0 amide bonds. The van der Waals surface area contributed by atoms with Gasteiger partial charge in [0.15, 0.2) is 0 Å². The summed E-state index contributed by atoms with van der Waals surface area (Å²) >= 11 is -5.22. The first-order valence-corrected chi connectivity index (χ1v) is 22.9. The SMILES string of the molecule is CCCCC(CC)C[O][Zr](=[O])([CH2]C(CC)CCCC)([CH2]C(CC)CCCC)[O]CC(CC)CCCC. The number of hydrogen-bond donors (Lipinski definition) is 0. The molecule has 36 heavy (non-hydrogen) atoms. The number of hydrogen-bond acceptors (Lipinski definition) is 3. The molecule has 0 spiro atoms. The monoisotopic (exact) mass is 590 g/mol. The molecule has 4 unspecified atom stereocenters. The van der Waals surface area contributed by atoms with E-state index in [-0.39, 0.29) is 0 Å². The molecular weight excluding hydrogens is 524 g/mol. The van der Waals surface area contributed by atoms with Gasteiger partial charge in [0.2, 0.25) is 0 Å². The third-order valence-electron chi connectivity index (χ3n) is 8.82. The van der Waals surface area contributed by atoms with E-state index in [2.05, 4.69) is 55.4 Å². The summed E-state index contributed by atoms with van der Waals surface area (Å²) in [7, 11) is 0. The van der Waals surface area contributed by atoms with Gasteiger partial charge in [-0.15, -0.1) is 0 Å². The summed E-state index contributed by atoms with van der Waals surface area (Å²) in [5.74, 6) is 1.87. The molecule has 0 bridgehead atoms. The molecule has 0 saturated heterocycles. The van der Waals surface area contributed by atoms with Gasteiger partial charge in [0.05, 0.1) is 0 Å². The van der Waals surface area contributed by atoms with E-state index >= 15 is 2.81 Å². The molecule has 3 nitrogen and oxygen atoms in total. The first-order valence-electron chi connectivity index (χ1n) is 16.5. The molecule has 0 aliphatic rings. The van der Waals surface area contributed by atoms with Crippen LogP contribution in [0.25, 0.3) is 0 Å². The summed E-state index contributed by atoms with van der Waals surface area (Å²) in [6.45, 7) is 19.4. The Labute approximate surface area is 230 Å². The van der Waals surface area contributed by atoms with Crippen molar-refractivity contribution in [3.8, 4) is 0 Å². The Morgan fingerprint density at radius 1 is 0.472 bits per heavy atom. The molecule has 218 valence electrons. The van der Waals surface area contributed by atoms with E-state index in [1.807, 2.05) is 0 Å². The second kappa shape index (κ2) is 21.4. The second-order valence-corrected chi connectivity index (χ2v) is 22.2. The molecule has 0 rings (SSSR count). The van der Waals surface area contributed by atoms with E-state index in [4.69, 9.17) is 5.63 Å². The van der Waals surface area contributed by atoms with E-state index in [1.165, 1.54) is 64.2 Å². The van der Waals surface area contributed by atoms with Crippen molar-refractivity contribution < 1.29 is 28.1 Å². The molecule has 0 aliphatic carbocycles. The van der Waals surface area contributed by atoms with E-state index in [1.54, 1.807) is 0 Å². The average Bonchev–Trinajstić information content (AvgIpc) is 2.89. The molecule has 0 saturated carbocycles. The zero-order chi connectivity index (χ0) is 27.3. The Hall–Kier alpha value is 0.603. The molecule has 0 aliphatic heterocycles. The third kappa shape index (κ3) is 15.3. The third-order valence-corrected chi connectivity index (χ3v) is 19.5. The molecular formula is C32H68O3Zr. The van der Waals surface area contributed by atoms with Crippen molar-refractivity contribution in [2.45, 2.75) is 166 Å². The fraction of sp³-hybridized carbons (Fsp3) is 1.00. The fourth-order valence-corrected chi connectivity index (χ4v) is 18.4. The second-order valence-electron chi connectivity index (χ2n) is 12.1. The maximum absolute atomic E-state index is 15.7. The molecule has 0 heterocycles. The zero-order valence-electron chi connectivity index (χ0n) is 26.2. The van der Waals surface area contributed by atoms with Crippen molar-refractivity contribution in [2.75, 3.05) is 13.2 Å². The molecule has 0 aromatic rings. The van der Waals surface area contributed by atoms with Gasteiger partial charge >= 0.3 is 231 Å². The molecule has 0 fully saturated rings.